The van der Waals surface area contributed by atoms with Crippen LogP contribution in [0.5, 0.6) is 0 Å². The van der Waals surface area contributed by atoms with Crippen molar-refractivity contribution in [2.24, 2.45) is 5.16 Å². The fourth-order valence-electron chi connectivity index (χ4n) is 2.61. The van der Waals surface area contributed by atoms with Gasteiger partial charge in [-0.2, -0.15) is 0 Å². The number of amides is 1. The molecule has 8 nitrogen and oxygen atoms in total. The van der Waals surface area contributed by atoms with E-state index in [4.69, 9.17) is 10.0 Å². The highest BCUT2D eigenvalue weighted by Gasteiger charge is 2.47. The number of nitrogens with one attached hydrogen (secondary N) is 1. The molecule has 9 heteroatoms. The molecule has 2 rings (SSSR count). The Morgan fingerprint density at radius 2 is 2.07 bits per heavy atom. The quantitative estimate of drug-likeness (QED) is 0.382. The molecule has 0 spiro atoms. The van der Waals surface area contributed by atoms with Gasteiger partial charge in [0.2, 0.25) is 0 Å². The largest absolute Gasteiger partial charge is 0.392 e. The van der Waals surface area contributed by atoms with Gasteiger partial charge in [-0.3, -0.25) is 10.0 Å². The number of sulfone groups is 1. The molecule has 1 aromatic carbocycles. The molecular formula is C18H22N2O6S. The molecule has 1 amide bonds. The normalized spacial score (nSPS) is 19.7. The zero-order chi connectivity index (χ0) is 20.2. The summed E-state index contributed by atoms with van der Waals surface area (Å²) in [7, 11) is -3.80. The lowest BCUT2D eigenvalue weighted by atomic mass is 9.96. The Bertz CT molecular complexity index is 896. The fourth-order valence-corrected chi connectivity index (χ4v) is 3.48. The van der Waals surface area contributed by atoms with Gasteiger partial charge in [0.1, 0.15) is 12.2 Å². The second-order valence-electron chi connectivity index (χ2n) is 6.64. The van der Waals surface area contributed by atoms with Gasteiger partial charge in [0.25, 0.3) is 5.91 Å². The van der Waals surface area contributed by atoms with E-state index >= 15 is 0 Å². The van der Waals surface area contributed by atoms with E-state index in [1.165, 1.54) is 12.4 Å². The molecule has 3 atom stereocenters. The Morgan fingerprint density at radius 1 is 1.44 bits per heavy atom. The lowest BCUT2D eigenvalue weighted by molar-refractivity contribution is -0.132. The van der Waals surface area contributed by atoms with Crippen LogP contribution in [0.4, 0.5) is 0 Å². The van der Waals surface area contributed by atoms with Gasteiger partial charge in [-0.25, -0.2) is 13.9 Å². The number of nitrogens with zero attached hydrogens (tertiary/aromatic N) is 1. The van der Waals surface area contributed by atoms with Crippen LogP contribution in [-0.4, -0.2) is 53.6 Å². The Kier molecular flexibility index (Phi) is 6.26. The molecule has 0 aliphatic carbocycles. The maximum atomic E-state index is 12.0. The van der Waals surface area contributed by atoms with E-state index in [-0.39, 0.29) is 6.42 Å². The second-order valence-corrected chi connectivity index (χ2v) is 9.09. The van der Waals surface area contributed by atoms with Crippen molar-refractivity contribution >= 4 is 21.5 Å². The predicted molar refractivity (Wildman–Crippen MR) is 98.8 cm³/mol. The third-order valence-electron chi connectivity index (χ3n) is 4.39. The van der Waals surface area contributed by atoms with Gasteiger partial charge >= 0.3 is 0 Å². The van der Waals surface area contributed by atoms with E-state index in [0.717, 1.165) is 17.4 Å². The maximum absolute atomic E-state index is 12.0. The molecule has 0 radical (unpaired) electrons. The van der Waals surface area contributed by atoms with Crippen molar-refractivity contribution in [2.75, 3.05) is 6.26 Å². The molecule has 3 N–H and O–H groups in total. The van der Waals surface area contributed by atoms with E-state index in [0.29, 0.717) is 12.1 Å². The topological polar surface area (TPSA) is 125 Å². The number of rotatable bonds is 5. The number of aliphatic hydroxyl groups is 1. The number of hydrogen-bond donors (Lipinski definition) is 3. The minimum absolute atomic E-state index is 0.150. The molecule has 1 unspecified atom stereocenters. The molecule has 0 saturated carbocycles. The van der Waals surface area contributed by atoms with Crippen LogP contribution in [0.3, 0.4) is 0 Å². The number of benzene rings is 1. The zero-order valence-corrected chi connectivity index (χ0v) is 16.1. The number of oxime groups is 1. The highest BCUT2D eigenvalue weighted by atomic mass is 32.2. The Hall–Kier alpha value is -2.41. The first-order valence-electron chi connectivity index (χ1n) is 8.23. The number of aliphatic hydroxyl groups excluding tert-OH is 1. The molecule has 146 valence electrons. The second kappa shape index (κ2) is 8.08. The van der Waals surface area contributed by atoms with Gasteiger partial charge in [0.05, 0.1) is 5.71 Å². The Balaban J connectivity index is 2.10. The van der Waals surface area contributed by atoms with Gasteiger partial charge < -0.3 is 9.94 Å². The first kappa shape index (κ1) is 20.9. The van der Waals surface area contributed by atoms with Crippen molar-refractivity contribution in [1.29, 1.82) is 0 Å². The van der Waals surface area contributed by atoms with Crippen LogP contribution in [-0.2, 0) is 19.5 Å². The summed E-state index contributed by atoms with van der Waals surface area (Å²) in [5.74, 6) is 4.47. The van der Waals surface area contributed by atoms with Crippen molar-refractivity contribution in [3.63, 3.8) is 0 Å². The molecular weight excluding hydrogens is 372 g/mol. The summed E-state index contributed by atoms with van der Waals surface area (Å²) in [5, 5.41) is 22.1. The highest BCUT2D eigenvalue weighted by molar-refractivity contribution is 7.92. The summed E-state index contributed by atoms with van der Waals surface area (Å²) in [4.78, 5) is 17.2. The zero-order valence-electron chi connectivity index (χ0n) is 15.3. The minimum Gasteiger partial charge on any atom is -0.392 e. The van der Waals surface area contributed by atoms with E-state index in [2.05, 4.69) is 17.0 Å². The average molecular weight is 394 g/mol. The fraction of sp³-hybridized carbons (Fsp3) is 0.444. The summed E-state index contributed by atoms with van der Waals surface area (Å²) in [5.41, 5.74) is 3.55. The van der Waals surface area contributed by atoms with Gasteiger partial charge in [0.15, 0.2) is 14.6 Å². The van der Waals surface area contributed by atoms with Crippen LogP contribution < -0.4 is 5.48 Å². The van der Waals surface area contributed by atoms with Crippen molar-refractivity contribution in [2.45, 2.75) is 43.6 Å². The SMILES string of the molecule is CC(O)C#Cc1ccc(C2=NO[C@@H](C[C@](C)(C(=O)NO)S(C)(=O)=O)C2)cc1. The summed E-state index contributed by atoms with van der Waals surface area (Å²) >= 11 is 0. The number of carbonyl (C=O) groups is 1. The Morgan fingerprint density at radius 3 is 2.59 bits per heavy atom. The van der Waals surface area contributed by atoms with Crippen LogP contribution in [0, 0.1) is 11.8 Å². The molecule has 1 aliphatic heterocycles. The standard InChI is InChI=1S/C18H22N2O6S/c1-12(21)4-5-13-6-8-14(9-7-13)16-10-15(26-20-16)11-18(2,17(22)19-23)27(3,24)25/h6-9,12,15,21,23H,10-11H2,1-3H3,(H,19,22)/t12?,15-,18-/m1/s1. The van der Waals surface area contributed by atoms with Gasteiger partial charge in [0, 0.05) is 24.7 Å². The van der Waals surface area contributed by atoms with Crippen LogP contribution in [0.15, 0.2) is 29.4 Å². The van der Waals surface area contributed by atoms with Crippen LogP contribution in [0.1, 0.15) is 37.8 Å². The lowest BCUT2D eigenvalue weighted by Crippen LogP contribution is -2.51. The lowest BCUT2D eigenvalue weighted by Gasteiger charge is -2.26. The van der Waals surface area contributed by atoms with Crippen molar-refractivity contribution in [3.8, 4) is 11.8 Å². The van der Waals surface area contributed by atoms with Crippen molar-refractivity contribution in [3.05, 3.63) is 35.4 Å². The smallest absolute Gasteiger partial charge is 0.264 e. The van der Waals surface area contributed by atoms with E-state index in [1.807, 2.05) is 0 Å². The molecule has 1 heterocycles. The first-order valence-corrected chi connectivity index (χ1v) is 10.1. The summed E-state index contributed by atoms with van der Waals surface area (Å²) in [6.45, 7) is 2.82. The van der Waals surface area contributed by atoms with Crippen LogP contribution in [0.25, 0.3) is 0 Å². The van der Waals surface area contributed by atoms with Gasteiger partial charge in [-0.15, -0.1) is 0 Å². The molecule has 27 heavy (non-hydrogen) atoms. The van der Waals surface area contributed by atoms with E-state index in [9.17, 15) is 18.3 Å². The third-order valence-corrected chi connectivity index (χ3v) is 6.38. The summed E-state index contributed by atoms with van der Waals surface area (Å²) in [6.07, 6.45) is -0.220. The van der Waals surface area contributed by atoms with Crippen LogP contribution in [0.2, 0.25) is 0 Å². The molecule has 1 aromatic rings. The van der Waals surface area contributed by atoms with Crippen molar-refractivity contribution < 1.29 is 28.4 Å². The van der Waals surface area contributed by atoms with Gasteiger partial charge in [-0.1, -0.05) is 29.1 Å². The van der Waals surface area contributed by atoms with E-state index < -0.39 is 32.7 Å². The number of hydroxylamine groups is 1. The molecule has 1 aliphatic rings. The molecule has 0 saturated heterocycles. The average Bonchev–Trinajstić information content (AvgIpc) is 3.06. The monoisotopic (exact) mass is 394 g/mol. The number of carbonyl (C=O) groups excluding carboxylic acids is 1. The first-order chi connectivity index (χ1) is 12.6. The maximum Gasteiger partial charge on any atom is 0.264 e. The predicted octanol–water partition coefficient (Wildman–Crippen LogP) is 0.611. The minimum atomic E-state index is -3.80. The Labute approximate surface area is 158 Å². The van der Waals surface area contributed by atoms with E-state index in [1.54, 1.807) is 31.2 Å². The number of hydrogen-bond acceptors (Lipinski definition) is 7. The summed E-state index contributed by atoms with van der Waals surface area (Å²) in [6, 6.07) is 7.15. The van der Waals surface area contributed by atoms with Gasteiger partial charge in [-0.05, 0) is 31.5 Å². The van der Waals surface area contributed by atoms with Crippen LogP contribution >= 0.6 is 0 Å². The molecule has 0 bridgehead atoms. The van der Waals surface area contributed by atoms with Crippen molar-refractivity contribution in [1.82, 2.24) is 5.48 Å². The summed E-state index contributed by atoms with van der Waals surface area (Å²) < 4.78 is 22.3. The molecule has 0 aromatic heterocycles. The molecule has 0 fully saturated rings. The highest BCUT2D eigenvalue weighted by Crippen LogP contribution is 2.29. The third kappa shape index (κ3) is 4.86.